The summed E-state index contributed by atoms with van der Waals surface area (Å²) < 4.78 is 16.8. The monoisotopic (exact) mass is 863 g/mol. The van der Waals surface area contributed by atoms with Crippen molar-refractivity contribution in [2.75, 3.05) is 13.2 Å². The fourth-order valence-corrected chi connectivity index (χ4v) is 8.39. The summed E-state index contributed by atoms with van der Waals surface area (Å²) in [6, 6.07) is 0. The molecule has 0 aromatic rings. The van der Waals surface area contributed by atoms with E-state index in [-0.39, 0.29) is 31.1 Å². The molecule has 6 nitrogen and oxygen atoms in total. The maximum absolute atomic E-state index is 12.8. The number of rotatable bonds is 50. The second-order valence-electron chi connectivity index (χ2n) is 19.3. The first-order valence-electron chi connectivity index (χ1n) is 27.4. The molecule has 6 heteroatoms. The zero-order valence-corrected chi connectivity index (χ0v) is 41.6. The number of carbonyl (C=O) groups is 3. The molecular formula is C55H106O6. The zero-order chi connectivity index (χ0) is 44.5. The lowest BCUT2D eigenvalue weighted by molar-refractivity contribution is -0.167. The van der Waals surface area contributed by atoms with Crippen LogP contribution in [-0.2, 0) is 28.6 Å². The van der Waals surface area contributed by atoms with Gasteiger partial charge in [-0.2, -0.15) is 0 Å². The molecule has 0 rings (SSSR count). The van der Waals surface area contributed by atoms with E-state index in [9.17, 15) is 14.4 Å². The molecule has 0 saturated heterocycles. The highest BCUT2D eigenvalue weighted by Gasteiger charge is 2.19. The molecule has 0 radical (unpaired) electrons. The van der Waals surface area contributed by atoms with E-state index in [1.165, 1.54) is 205 Å². The van der Waals surface area contributed by atoms with Gasteiger partial charge in [-0.3, -0.25) is 14.4 Å². The Balaban J connectivity index is 4.26. The van der Waals surface area contributed by atoms with Crippen molar-refractivity contribution in [3.8, 4) is 0 Å². The van der Waals surface area contributed by atoms with Gasteiger partial charge in [-0.25, -0.2) is 0 Å². The van der Waals surface area contributed by atoms with Crippen LogP contribution in [0.5, 0.6) is 0 Å². The molecule has 1 atom stereocenters. The third kappa shape index (κ3) is 49.3. The second kappa shape index (κ2) is 49.4. The largest absolute Gasteiger partial charge is 0.462 e. The maximum Gasteiger partial charge on any atom is 0.306 e. The number of ether oxygens (including phenoxy) is 3. The van der Waals surface area contributed by atoms with Gasteiger partial charge in [0.05, 0.1) is 0 Å². The summed E-state index contributed by atoms with van der Waals surface area (Å²) in [6.07, 6.45) is 52.4. The second-order valence-corrected chi connectivity index (χ2v) is 19.3. The Labute approximate surface area is 380 Å². The van der Waals surface area contributed by atoms with Gasteiger partial charge in [-0.1, -0.05) is 272 Å². The van der Waals surface area contributed by atoms with Crippen molar-refractivity contribution in [2.45, 2.75) is 316 Å². The van der Waals surface area contributed by atoms with Crippen LogP contribution in [0.1, 0.15) is 310 Å². The van der Waals surface area contributed by atoms with E-state index < -0.39 is 6.10 Å². The van der Waals surface area contributed by atoms with E-state index in [2.05, 4.69) is 27.7 Å². The Hall–Kier alpha value is -1.59. The van der Waals surface area contributed by atoms with Crippen molar-refractivity contribution in [2.24, 2.45) is 5.92 Å². The fourth-order valence-electron chi connectivity index (χ4n) is 8.39. The summed E-state index contributed by atoms with van der Waals surface area (Å²) in [6.45, 7) is 8.99. The molecule has 362 valence electrons. The summed E-state index contributed by atoms with van der Waals surface area (Å²) in [4.78, 5) is 38.0. The molecule has 0 aliphatic heterocycles. The summed E-state index contributed by atoms with van der Waals surface area (Å²) in [5.74, 6) is -0.0620. The Morgan fingerprint density at radius 3 is 0.803 bits per heavy atom. The van der Waals surface area contributed by atoms with E-state index in [4.69, 9.17) is 14.2 Å². The number of unbranched alkanes of at least 4 members (excludes halogenated alkanes) is 37. The van der Waals surface area contributed by atoms with Crippen molar-refractivity contribution < 1.29 is 28.6 Å². The van der Waals surface area contributed by atoms with Crippen LogP contribution in [0.2, 0.25) is 0 Å². The first-order chi connectivity index (χ1) is 29.9. The van der Waals surface area contributed by atoms with Crippen LogP contribution >= 0.6 is 0 Å². The minimum atomic E-state index is -0.761. The summed E-state index contributed by atoms with van der Waals surface area (Å²) in [5, 5.41) is 0. The number of hydrogen-bond donors (Lipinski definition) is 0. The van der Waals surface area contributed by atoms with Gasteiger partial charge < -0.3 is 14.2 Å². The highest BCUT2D eigenvalue weighted by molar-refractivity contribution is 5.71. The molecule has 0 unspecified atom stereocenters. The van der Waals surface area contributed by atoms with Gasteiger partial charge >= 0.3 is 17.9 Å². The first kappa shape index (κ1) is 59.4. The normalized spacial score (nSPS) is 12.0. The highest BCUT2D eigenvalue weighted by Crippen LogP contribution is 2.17. The van der Waals surface area contributed by atoms with E-state index >= 15 is 0 Å². The molecule has 0 aliphatic rings. The van der Waals surface area contributed by atoms with Crippen LogP contribution < -0.4 is 0 Å². The molecular weight excluding hydrogens is 757 g/mol. The lowest BCUT2D eigenvalue weighted by atomic mass is 10.0. The van der Waals surface area contributed by atoms with Gasteiger partial charge in [0.2, 0.25) is 0 Å². The predicted octanol–water partition coefficient (Wildman–Crippen LogP) is 17.8. The Morgan fingerprint density at radius 2 is 0.541 bits per heavy atom. The number of carbonyl (C=O) groups excluding carboxylic acids is 3. The first-order valence-corrected chi connectivity index (χ1v) is 27.4. The quantitative estimate of drug-likeness (QED) is 0.0344. The van der Waals surface area contributed by atoms with Crippen LogP contribution in [0.4, 0.5) is 0 Å². The lowest BCUT2D eigenvalue weighted by Gasteiger charge is -2.18. The minimum Gasteiger partial charge on any atom is -0.462 e. The van der Waals surface area contributed by atoms with Crippen LogP contribution in [-0.4, -0.2) is 37.2 Å². The minimum absolute atomic E-state index is 0.0630. The average Bonchev–Trinajstić information content (AvgIpc) is 3.24. The molecule has 0 heterocycles. The Bertz CT molecular complexity index is 918. The molecule has 0 amide bonds. The fraction of sp³-hybridized carbons (Fsp3) is 0.945. The molecule has 0 saturated carbocycles. The third-order valence-corrected chi connectivity index (χ3v) is 12.5. The molecule has 0 bridgehead atoms. The van der Waals surface area contributed by atoms with Crippen LogP contribution in [0.25, 0.3) is 0 Å². The molecule has 0 fully saturated rings. The molecule has 0 spiro atoms. The van der Waals surface area contributed by atoms with Gasteiger partial charge in [0, 0.05) is 19.3 Å². The lowest BCUT2D eigenvalue weighted by Crippen LogP contribution is -2.30. The molecule has 0 N–H and O–H groups in total. The SMILES string of the molecule is CCCCCCCCCCCCCCCCCCCCC(=O)O[C@@H](COC(=O)CCCCCCCCCCCCCCCCC)COC(=O)CCCCCCCCCC(C)C. The van der Waals surface area contributed by atoms with E-state index in [1.54, 1.807) is 0 Å². The average molecular weight is 863 g/mol. The van der Waals surface area contributed by atoms with Crippen molar-refractivity contribution in [1.82, 2.24) is 0 Å². The maximum atomic E-state index is 12.8. The van der Waals surface area contributed by atoms with Crippen LogP contribution in [0, 0.1) is 5.92 Å². The topological polar surface area (TPSA) is 78.9 Å². The van der Waals surface area contributed by atoms with Crippen LogP contribution in [0.3, 0.4) is 0 Å². The number of esters is 3. The van der Waals surface area contributed by atoms with Gasteiger partial charge in [0.15, 0.2) is 6.10 Å². The summed E-state index contributed by atoms with van der Waals surface area (Å²) in [7, 11) is 0. The molecule has 0 aromatic carbocycles. The van der Waals surface area contributed by atoms with E-state index in [0.717, 1.165) is 63.7 Å². The van der Waals surface area contributed by atoms with Gasteiger partial charge in [-0.05, 0) is 25.2 Å². The summed E-state index contributed by atoms with van der Waals surface area (Å²) >= 11 is 0. The number of hydrogen-bond acceptors (Lipinski definition) is 6. The van der Waals surface area contributed by atoms with E-state index in [0.29, 0.717) is 19.3 Å². The predicted molar refractivity (Wildman–Crippen MR) is 261 cm³/mol. The summed E-state index contributed by atoms with van der Waals surface area (Å²) in [5.41, 5.74) is 0. The van der Waals surface area contributed by atoms with E-state index in [1.807, 2.05) is 0 Å². The van der Waals surface area contributed by atoms with Gasteiger partial charge in [-0.15, -0.1) is 0 Å². The smallest absolute Gasteiger partial charge is 0.306 e. The third-order valence-electron chi connectivity index (χ3n) is 12.5. The molecule has 0 aliphatic carbocycles. The zero-order valence-electron chi connectivity index (χ0n) is 41.6. The van der Waals surface area contributed by atoms with Gasteiger partial charge in [0.1, 0.15) is 13.2 Å². The van der Waals surface area contributed by atoms with Crippen molar-refractivity contribution >= 4 is 17.9 Å². The Kier molecular flexibility index (Phi) is 48.1. The van der Waals surface area contributed by atoms with Gasteiger partial charge in [0.25, 0.3) is 0 Å². The van der Waals surface area contributed by atoms with Crippen LogP contribution in [0.15, 0.2) is 0 Å². The molecule has 61 heavy (non-hydrogen) atoms. The van der Waals surface area contributed by atoms with Crippen molar-refractivity contribution in [3.63, 3.8) is 0 Å². The Morgan fingerprint density at radius 1 is 0.311 bits per heavy atom. The molecule has 0 aromatic heterocycles. The van der Waals surface area contributed by atoms with Crippen molar-refractivity contribution in [1.29, 1.82) is 0 Å². The highest BCUT2D eigenvalue weighted by atomic mass is 16.6. The van der Waals surface area contributed by atoms with Crippen molar-refractivity contribution in [3.05, 3.63) is 0 Å². The standard InChI is InChI=1S/C55H106O6/c1-5-7-9-11-13-15-17-19-21-22-23-25-27-29-31-35-40-44-48-55(58)61-52(50-60-54(57)47-43-39-36-32-33-37-41-45-51(3)4)49-59-53(56)46-42-38-34-30-28-26-24-20-18-16-14-12-10-8-6-2/h51-52H,5-50H2,1-4H3/t52-/m0/s1.